The van der Waals surface area contributed by atoms with Gasteiger partial charge in [-0.1, -0.05) is 43.7 Å². The monoisotopic (exact) mass is 277 g/mol. The molecule has 0 spiro atoms. The van der Waals surface area contributed by atoms with Crippen LogP contribution in [0, 0.1) is 12.8 Å². The molecule has 20 heavy (non-hydrogen) atoms. The van der Waals surface area contributed by atoms with E-state index in [4.69, 9.17) is 0 Å². The first-order valence-corrected chi connectivity index (χ1v) is 7.28. The number of carbonyl (C=O) groups excluding carboxylic acids is 1. The minimum atomic E-state index is -0.559. The predicted octanol–water partition coefficient (Wildman–Crippen LogP) is 2.80. The number of nitrogens with one attached hydrogen (secondary N) is 1. The molecule has 1 aromatic rings. The van der Waals surface area contributed by atoms with Crippen LogP contribution >= 0.6 is 0 Å². The number of aliphatic hydroxyl groups is 1. The number of aliphatic hydroxyl groups excluding tert-OH is 1. The van der Waals surface area contributed by atoms with Crippen LogP contribution in [0.1, 0.15) is 45.2 Å². The number of aryl methyl sites for hydroxylation is 1. The maximum atomic E-state index is 12.3. The van der Waals surface area contributed by atoms with E-state index < -0.39 is 5.41 Å². The minimum Gasteiger partial charge on any atom is -0.393 e. The van der Waals surface area contributed by atoms with E-state index in [2.05, 4.69) is 5.32 Å². The Labute approximate surface area is 122 Å². The first kappa shape index (κ1) is 16.7. The highest BCUT2D eigenvalue weighted by molar-refractivity contribution is 5.87. The first-order valence-electron chi connectivity index (χ1n) is 7.28. The Balaban J connectivity index is 2.59. The fourth-order valence-corrected chi connectivity index (χ4v) is 1.99. The van der Waals surface area contributed by atoms with Crippen molar-refractivity contribution in [2.75, 3.05) is 6.54 Å². The molecule has 1 amide bonds. The second-order valence-corrected chi connectivity index (χ2v) is 6.35. The number of hydrogen-bond acceptors (Lipinski definition) is 2. The van der Waals surface area contributed by atoms with Gasteiger partial charge in [-0.25, -0.2) is 0 Å². The van der Waals surface area contributed by atoms with Crippen molar-refractivity contribution in [2.45, 2.75) is 52.6 Å². The summed E-state index contributed by atoms with van der Waals surface area (Å²) in [5.74, 6) is 0.217. The molecule has 1 atom stereocenters. The summed E-state index contributed by atoms with van der Waals surface area (Å²) in [6, 6.07) is 8.04. The van der Waals surface area contributed by atoms with Gasteiger partial charge in [0.25, 0.3) is 0 Å². The zero-order valence-electron chi connectivity index (χ0n) is 13.2. The van der Waals surface area contributed by atoms with Gasteiger partial charge >= 0.3 is 0 Å². The molecular formula is C17H27NO2. The summed E-state index contributed by atoms with van der Waals surface area (Å²) in [5, 5.41) is 12.7. The summed E-state index contributed by atoms with van der Waals surface area (Å²) >= 11 is 0. The van der Waals surface area contributed by atoms with Crippen molar-refractivity contribution >= 4 is 5.91 Å². The lowest BCUT2D eigenvalue weighted by atomic mass is 9.83. The summed E-state index contributed by atoms with van der Waals surface area (Å²) < 4.78 is 0. The molecule has 0 aliphatic heterocycles. The number of benzene rings is 1. The lowest BCUT2D eigenvalue weighted by Gasteiger charge is -2.25. The van der Waals surface area contributed by atoms with E-state index in [1.54, 1.807) is 0 Å². The van der Waals surface area contributed by atoms with E-state index in [0.717, 1.165) is 5.56 Å². The van der Waals surface area contributed by atoms with Gasteiger partial charge in [-0.3, -0.25) is 4.79 Å². The maximum Gasteiger partial charge on any atom is 0.230 e. The smallest absolute Gasteiger partial charge is 0.230 e. The molecule has 3 heteroatoms. The molecule has 1 unspecified atom stereocenters. The molecule has 0 saturated heterocycles. The first-order chi connectivity index (χ1) is 9.25. The average Bonchev–Trinajstić information content (AvgIpc) is 2.38. The zero-order valence-corrected chi connectivity index (χ0v) is 13.2. The molecule has 1 aromatic carbocycles. The predicted molar refractivity (Wildman–Crippen MR) is 82.7 cm³/mol. The third-order valence-electron chi connectivity index (χ3n) is 3.84. The van der Waals surface area contributed by atoms with Crippen molar-refractivity contribution in [3.63, 3.8) is 0 Å². The SMILES string of the molecule is Cc1ccc(C(C)(C)C(=O)NCCC(O)C(C)C)cc1. The molecule has 112 valence electrons. The van der Waals surface area contributed by atoms with Gasteiger partial charge in [0, 0.05) is 6.54 Å². The summed E-state index contributed by atoms with van der Waals surface area (Å²) in [5.41, 5.74) is 1.63. The zero-order chi connectivity index (χ0) is 15.3. The van der Waals surface area contributed by atoms with Gasteiger partial charge in [-0.2, -0.15) is 0 Å². The van der Waals surface area contributed by atoms with E-state index in [1.165, 1.54) is 5.56 Å². The van der Waals surface area contributed by atoms with Crippen molar-refractivity contribution in [1.29, 1.82) is 0 Å². The largest absolute Gasteiger partial charge is 0.393 e. The molecule has 0 heterocycles. The molecule has 2 N–H and O–H groups in total. The second kappa shape index (κ2) is 6.89. The molecular weight excluding hydrogens is 250 g/mol. The Morgan fingerprint density at radius 2 is 1.80 bits per heavy atom. The average molecular weight is 277 g/mol. The standard InChI is InChI=1S/C17H27NO2/c1-12(2)15(19)10-11-18-16(20)17(4,5)14-8-6-13(3)7-9-14/h6-9,12,15,19H,10-11H2,1-5H3,(H,18,20). The lowest BCUT2D eigenvalue weighted by molar-refractivity contribution is -0.125. The normalized spacial score (nSPS) is 13.3. The molecule has 0 fully saturated rings. The fraction of sp³-hybridized carbons (Fsp3) is 0.588. The summed E-state index contributed by atoms with van der Waals surface area (Å²) in [4.78, 5) is 12.3. The number of rotatable bonds is 6. The molecule has 1 rings (SSSR count). The van der Waals surface area contributed by atoms with Gasteiger partial charge in [-0.05, 0) is 38.7 Å². The van der Waals surface area contributed by atoms with Crippen LogP contribution < -0.4 is 5.32 Å². The third-order valence-corrected chi connectivity index (χ3v) is 3.84. The summed E-state index contributed by atoms with van der Waals surface area (Å²) in [6.45, 7) is 10.3. The van der Waals surface area contributed by atoms with Crippen molar-refractivity contribution < 1.29 is 9.90 Å². The van der Waals surface area contributed by atoms with Gasteiger partial charge in [-0.15, -0.1) is 0 Å². The van der Waals surface area contributed by atoms with Crippen molar-refractivity contribution in [3.05, 3.63) is 35.4 Å². The van der Waals surface area contributed by atoms with Crippen LogP contribution in [0.3, 0.4) is 0 Å². The summed E-state index contributed by atoms with van der Waals surface area (Å²) in [7, 11) is 0. The van der Waals surface area contributed by atoms with Gasteiger partial charge in [0.2, 0.25) is 5.91 Å². The van der Waals surface area contributed by atoms with Crippen molar-refractivity contribution in [3.8, 4) is 0 Å². The molecule has 0 aliphatic rings. The molecule has 0 bridgehead atoms. The Hall–Kier alpha value is -1.35. The number of hydrogen-bond donors (Lipinski definition) is 2. The van der Waals surface area contributed by atoms with Gasteiger partial charge in [0.05, 0.1) is 11.5 Å². The Morgan fingerprint density at radius 3 is 2.30 bits per heavy atom. The van der Waals surface area contributed by atoms with Gasteiger partial charge < -0.3 is 10.4 Å². The van der Waals surface area contributed by atoms with Crippen molar-refractivity contribution in [2.24, 2.45) is 5.92 Å². The number of carbonyl (C=O) groups is 1. The topological polar surface area (TPSA) is 49.3 Å². The second-order valence-electron chi connectivity index (χ2n) is 6.35. The van der Waals surface area contributed by atoms with Gasteiger partial charge in [0.15, 0.2) is 0 Å². The van der Waals surface area contributed by atoms with Crippen LogP contribution in [0.2, 0.25) is 0 Å². The van der Waals surface area contributed by atoms with E-state index in [0.29, 0.717) is 13.0 Å². The van der Waals surface area contributed by atoms with Crippen LogP contribution in [-0.4, -0.2) is 23.7 Å². The third kappa shape index (κ3) is 4.34. The van der Waals surface area contributed by atoms with Crippen LogP contribution in [0.15, 0.2) is 24.3 Å². The van der Waals surface area contributed by atoms with E-state index in [9.17, 15) is 9.90 Å². The highest BCUT2D eigenvalue weighted by atomic mass is 16.3. The Kier molecular flexibility index (Phi) is 5.75. The molecule has 0 saturated carbocycles. The minimum absolute atomic E-state index is 0.00249. The molecule has 0 aliphatic carbocycles. The van der Waals surface area contributed by atoms with Crippen molar-refractivity contribution in [1.82, 2.24) is 5.32 Å². The van der Waals surface area contributed by atoms with E-state index >= 15 is 0 Å². The number of amides is 1. The maximum absolute atomic E-state index is 12.3. The van der Waals surface area contributed by atoms with Crippen LogP contribution in [0.25, 0.3) is 0 Å². The van der Waals surface area contributed by atoms with Crippen LogP contribution in [-0.2, 0) is 10.2 Å². The summed E-state index contributed by atoms with van der Waals surface area (Å²) in [6.07, 6.45) is 0.227. The van der Waals surface area contributed by atoms with Crippen LogP contribution in [0.4, 0.5) is 0 Å². The molecule has 0 radical (unpaired) electrons. The van der Waals surface area contributed by atoms with E-state index in [-0.39, 0.29) is 17.9 Å². The fourth-order valence-electron chi connectivity index (χ4n) is 1.99. The highest BCUT2D eigenvalue weighted by Gasteiger charge is 2.29. The highest BCUT2D eigenvalue weighted by Crippen LogP contribution is 2.23. The Bertz CT molecular complexity index is 435. The van der Waals surface area contributed by atoms with Crippen LogP contribution in [0.5, 0.6) is 0 Å². The quantitative estimate of drug-likeness (QED) is 0.840. The molecule has 0 aromatic heterocycles. The van der Waals surface area contributed by atoms with E-state index in [1.807, 2.05) is 58.9 Å². The van der Waals surface area contributed by atoms with Gasteiger partial charge in [0.1, 0.15) is 0 Å². The lowest BCUT2D eigenvalue weighted by Crippen LogP contribution is -2.41. The molecule has 3 nitrogen and oxygen atoms in total. The Morgan fingerprint density at radius 1 is 1.25 bits per heavy atom.